The zero-order valence-electron chi connectivity index (χ0n) is 9.67. The fourth-order valence-corrected chi connectivity index (χ4v) is 2.04. The summed E-state index contributed by atoms with van der Waals surface area (Å²) in [5, 5.41) is 4.07. The number of hydrogen-bond acceptors (Lipinski definition) is 3. The number of ether oxygens (including phenoxy) is 2. The maximum absolute atomic E-state index is 5.70. The SMILES string of the molecule is Cn1cc(OCC2COc3ccccc32)cn1. The highest BCUT2D eigenvalue weighted by atomic mass is 16.5. The Bertz CT molecular complexity index is 522. The molecule has 0 bridgehead atoms. The van der Waals surface area contributed by atoms with Crippen LogP contribution in [0, 0.1) is 0 Å². The van der Waals surface area contributed by atoms with Crippen molar-refractivity contribution < 1.29 is 9.47 Å². The van der Waals surface area contributed by atoms with E-state index in [0.717, 1.165) is 11.5 Å². The minimum absolute atomic E-state index is 0.311. The van der Waals surface area contributed by atoms with Gasteiger partial charge in [0, 0.05) is 12.6 Å². The van der Waals surface area contributed by atoms with Crippen LogP contribution in [0.2, 0.25) is 0 Å². The van der Waals surface area contributed by atoms with Crippen LogP contribution in [0.4, 0.5) is 0 Å². The predicted molar refractivity (Wildman–Crippen MR) is 63.4 cm³/mol. The lowest BCUT2D eigenvalue weighted by molar-refractivity contribution is 0.248. The molecule has 1 atom stereocenters. The van der Waals surface area contributed by atoms with E-state index in [1.807, 2.05) is 31.4 Å². The molecule has 0 saturated heterocycles. The maximum atomic E-state index is 5.70. The molecular formula is C13H14N2O2. The van der Waals surface area contributed by atoms with Crippen molar-refractivity contribution in [3.63, 3.8) is 0 Å². The molecule has 2 aromatic rings. The number of para-hydroxylation sites is 1. The smallest absolute Gasteiger partial charge is 0.157 e. The predicted octanol–water partition coefficient (Wildman–Crippen LogP) is 1.98. The first-order valence-electron chi connectivity index (χ1n) is 5.66. The summed E-state index contributed by atoms with van der Waals surface area (Å²) in [4.78, 5) is 0. The minimum atomic E-state index is 0.311. The van der Waals surface area contributed by atoms with Gasteiger partial charge in [-0.05, 0) is 6.07 Å². The average Bonchev–Trinajstić information content (AvgIpc) is 2.93. The summed E-state index contributed by atoms with van der Waals surface area (Å²) in [5.74, 6) is 2.09. The first-order valence-corrected chi connectivity index (χ1v) is 5.66. The van der Waals surface area contributed by atoms with E-state index in [9.17, 15) is 0 Å². The van der Waals surface area contributed by atoms with Crippen LogP contribution < -0.4 is 9.47 Å². The minimum Gasteiger partial charge on any atom is -0.493 e. The van der Waals surface area contributed by atoms with Crippen LogP contribution in [0.5, 0.6) is 11.5 Å². The Morgan fingerprint density at radius 3 is 3.18 bits per heavy atom. The Labute approximate surface area is 99.8 Å². The van der Waals surface area contributed by atoms with E-state index in [4.69, 9.17) is 9.47 Å². The molecule has 0 amide bonds. The molecule has 3 rings (SSSR count). The number of nitrogens with zero attached hydrogens (tertiary/aromatic N) is 2. The lowest BCUT2D eigenvalue weighted by Crippen LogP contribution is -2.11. The highest BCUT2D eigenvalue weighted by Gasteiger charge is 2.24. The molecular weight excluding hydrogens is 216 g/mol. The Morgan fingerprint density at radius 2 is 2.35 bits per heavy atom. The molecule has 4 nitrogen and oxygen atoms in total. The fraction of sp³-hybridized carbons (Fsp3) is 0.308. The molecule has 0 fully saturated rings. The van der Waals surface area contributed by atoms with Crippen LogP contribution in [0.3, 0.4) is 0 Å². The van der Waals surface area contributed by atoms with Crippen molar-refractivity contribution in [1.29, 1.82) is 0 Å². The monoisotopic (exact) mass is 230 g/mol. The number of benzene rings is 1. The van der Waals surface area contributed by atoms with Crippen molar-refractivity contribution in [3.8, 4) is 11.5 Å². The molecule has 1 aromatic heterocycles. The van der Waals surface area contributed by atoms with Crippen molar-refractivity contribution >= 4 is 0 Å². The number of fused-ring (bicyclic) bond motifs is 1. The van der Waals surface area contributed by atoms with E-state index in [1.165, 1.54) is 5.56 Å². The van der Waals surface area contributed by atoms with Gasteiger partial charge < -0.3 is 9.47 Å². The van der Waals surface area contributed by atoms with Crippen LogP contribution in [0.1, 0.15) is 11.5 Å². The third kappa shape index (κ3) is 1.98. The van der Waals surface area contributed by atoms with E-state index >= 15 is 0 Å². The largest absolute Gasteiger partial charge is 0.493 e. The highest BCUT2D eigenvalue weighted by molar-refractivity contribution is 5.39. The van der Waals surface area contributed by atoms with Gasteiger partial charge in [-0.3, -0.25) is 4.68 Å². The second-order valence-electron chi connectivity index (χ2n) is 4.21. The molecule has 4 heteroatoms. The summed E-state index contributed by atoms with van der Waals surface area (Å²) in [5.41, 5.74) is 1.23. The lowest BCUT2D eigenvalue weighted by Gasteiger charge is -2.09. The van der Waals surface area contributed by atoms with Crippen molar-refractivity contribution in [2.24, 2.45) is 7.05 Å². The van der Waals surface area contributed by atoms with E-state index in [0.29, 0.717) is 19.1 Å². The third-order valence-electron chi connectivity index (χ3n) is 2.93. The van der Waals surface area contributed by atoms with Crippen molar-refractivity contribution in [1.82, 2.24) is 9.78 Å². The quantitative estimate of drug-likeness (QED) is 0.808. The van der Waals surface area contributed by atoms with Crippen LogP contribution in [0.15, 0.2) is 36.7 Å². The Kier molecular flexibility index (Phi) is 2.48. The van der Waals surface area contributed by atoms with Gasteiger partial charge in [0.15, 0.2) is 5.75 Å². The molecule has 1 aliphatic rings. The van der Waals surface area contributed by atoms with E-state index < -0.39 is 0 Å². The van der Waals surface area contributed by atoms with Gasteiger partial charge in [-0.15, -0.1) is 0 Å². The van der Waals surface area contributed by atoms with E-state index in [1.54, 1.807) is 10.9 Å². The normalized spacial score (nSPS) is 17.6. The first-order chi connectivity index (χ1) is 8.33. The van der Waals surface area contributed by atoms with E-state index in [-0.39, 0.29) is 0 Å². The molecule has 1 aliphatic heterocycles. The molecule has 88 valence electrons. The maximum Gasteiger partial charge on any atom is 0.157 e. The Hall–Kier alpha value is -1.97. The van der Waals surface area contributed by atoms with Crippen LogP contribution in [0.25, 0.3) is 0 Å². The second kappa shape index (κ2) is 4.13. The molecule has 17 heavy (non-hydrogen) atoms. The molecule has 0 spiro atoms. The first kappa shape index (κ1) is 10.2. The summed E-state index contributed by atoms with van der Waals surface area (Å²) < 4.78 is 13.0. The average molecular weight is 230 g/mol. The number of aryl methyl sites for hydroxylation is 1. The summed E-state index contributed by atoms with van der Waals surface area (Å²) in [7, 11) is 1.88. The van der Waals surface area contributed by atoms with Gasteiger partial charge in [-0.25, -0.2) is 0 Å². The molecule has 0 aliphatic carbocycles. The van der Waals surface area contributed by atoms with E-state index in [2.05, 4.69) is 11.2 Å². The van der Waals surface area contributed by atoms with Crippen molar-refractivity contribution in [3.05, 3.63) is 42.2 Å². The van der Waals surface area contributed by atoms with Gasteiger partial charge in [0.25, 0.3) is 0 Å². The van der Waals surface area contributed by atoms with Crippen LogP contribution in [-0.2, 0) is 7.05 Å². The van der Waals surface area contributed by atoms with Crippen molar-refractivity contribution in [2.45, 2.75) is 5.92 Å². The highest BCUT2D eigenvalue weighted by Crippen LogP contribution is 2.33. The molecule has 0 radical (unpaired) electrons. The summed E-state index contributed by atoms with van der Waals surface area (Å²) in [6, 6.07) is 8.12. The number of rotatable bonds is 3. The Morgan fingerprint density at radius 1 is 1.47 bits per heavy atom. The topological polar surface area (TPSA) is 36.3 Å². The summed E-state index contributed by atoms with van der Waals surface area (Å²) in [6.45, 7) is 1.32. The molecule has 0 N–H and O–H groups in total. The lowest BCUT2D eigenvalue weighted by atomic mass is 10.0. The third-order valence-corrected chi connectivity index (χ3v) is 2.93. The molecule has 1 unspecified atom stereocenters. The molecule has 0 saturated carbocycles. The Balaban J connectivity index is 1.68. The van der Waals surface area contributed by atoms with Gasteiger partial charge in [-0.1, -0.05) is 18.2 Å². The van der Waals surface area contributed by atoms with Gasteiger partial charge >= 0.3 is 0 Å². The summed E-state index contributed by atoms with van der Waals surface area (Å²) in [6.07, 6.45) is 3.59. The van der Waals surface area contributed by atoms with Crippen LogP contribution >= 0.6 is 0 Å². The van der Waals surface area contributed by atoms with Gasteiger partial charge in [-0.2, -0.15) is 5.10 Å². The van der Waals surface area contributed by atoms with Crippen molar-refractivity contribution in [2.75, 3.05) is 13.2 Å². The number of hydrogen-bond donors (Lipinski definition) is 0. The second-order valence-corrected chi connectivity index (χ2v) is 4.21. The van der Waals surface area contributed by atoms with Crippen LogP contribution in [-0.4, -0.2) is 23.0 Å². The van der Waals surface area contributed by atoms with Gasteiger partial charge in [0.2, 0.25) is 0 Å². The van der Waals surface area contributed by atoms with Gasteiger partial charge in [0.1, 0.15) is 5.75 Å². The zero-order valence-corrected chi connectivity index (χ0v) is 9.67. The zero-order chi connectivity index (χ0) is 11.7. The number of aromatic nitrogens is 2. The standard InChI is InChI=1S/C13H14N2O2/c1-15-7-11(6-14-15)16-8-10-9-17-13-5-3-2-4-12(10)13/h2-7,10H,8-9H2,1H3. The molecule has 1 aromatic carbocycles. The van der Waals surface area contributed by atoms with Gasteiger partial charge in [0.05, 0.1) is 31.5 Å². The molecule has 2 heterocycles. The fourth-order valence-electron chi connectivity index (χ4n) is 2.04. The summed E-state index contributed by atoms with van der Waals surface area (Å²) >= 11 is 0.